The highest BCUT2D eigenvalue weighted by Gasteiger charge is 2.34. The number of rotatable bonds is 6. The fraction of sp³-hybridized carbons (Fsp3) is 0.300. The molecule has 0 aromatic heterocycles. The zero-order valence-electron chi connectivity index (χ0n) is 14.9. The van der Waals surface area contributed by atoms with Gasteiger partial charge in [-0.05, 0) is 25.1 Å². The number of hydrogen-bond donors (Lipinski definition) is 0. The van der Waals surface area contributed by atoms with Crippen molar-refractivity contribution >= 4 is 35.2 Å². The van der Waals surface area contributed by atoms with Gasteiger partial charge >= 0.3 is 0 Å². The van der Waals surface area contributed by atoms with Crippen LogP contribution in [0.15, 0.2) is 48.5 Å². The van der Waals surface area contributed by atoms with Crippen LogP contribution in [0.1, 0.15) is 28.2 Å². The van der Waals surface area contributed by atoms with E-state index in [0.717, 1.165) is 0 Å². The van der Waals surface area contributed by atoms with Crippen molar-refractivity contribution in [3.63, 3.8) is 0 Å². The second-order valence-electron chi connectivity index (χ2n) is 6.14. The van der Waals surface area contributed by atoms with Crippen LogP contribution in [0, 0.1) is 5.82 Å². The summed E-state index contributed by atoms with van der Waals surface area (Å²) in [5.74, 6) is -0.239. The van der Waals surface area contributed by atoms with E-state index in [1.54, 1.807) is 52.3 Å². The van der Waals surface area contributed by atoms with Crippen LogP contribution in [-0.2, 0) is 4.79 Å². The first-order valence-corrected chi connectivity index (χ1v) is 10.1. The van der Waals surface area contributed by atoms with Crippen LogP contribution in [0.5, 0.6) is 0 Å². The maximum absolute atomic E-state index is 14.2. The van der Waals surface area contributed by atoms with Gasteiger partial charge in [0.1, 0.15) is 11.2 Å². The zero-order valence-corrected chi connectivity index (χ0v) is 16.5. The number of benzene rings is 2. The highest BCUT2D eigenvalue weighted by Crippen LogP contribution is 2.39. The van der Waals surface area contributed by atoms with Crippen molar-refractivity contribution < 1.29 is 14.0 Å². The van der Waals surface area contributed by atoms with E-state index in [1.807, 2.05) is 6.92 Å². The molecule has 1 unspecified atom stereocenters. The lowest BCUT2D eigenvalue weighted by atomic mass is 10.2. The minimum atomic E-state index is -0.368. The fourth-order valence-electron chi connectivity index (χ4n) is 3.07. The van der Waals surface area contributed by atoms with E-state index >= 15 is 0 Å². The molecule has 0 aliphatic carbocycles. The number of thioether (sulfide) groups is 1. The highest BCUT2D eigenvalue weighted by atomic mass is 35.5. The van der Waals surface area contributed by atoms with Gasteiger partial charge in [0.25, 0.3) is 5.91 Å². The first kappa shape index (κ1) is 19.7. The van der Waals surface area contributed by atoms with Crippen molar-refractivity contribution in [1.29, 1.82) is 0 Å². The summed E-state index contributed by atoms with van der Waals surface area (Å²) in [7, 11) is 0. The molecule has 2 aromatic rings. The Hall–Kier alpha value is -2.05. The zero-order chi connectivity index (χ0) is 19.4. The van der Waals surface area contributed by atoms with E-state index in [0.29, 0.717) is 41.5 Å². The number of carbonyl (C=O) groups is 2. The first-order valence-electron chi connectivity index (χ1n) is 8.72. The van der Waals surface area contributed by atoms with Gasteiger partial charge in [0, 0.05) is 25.2 Å². The smallest absolute Gasteiger partial charge is 0.255 e. The van der Waals surface area contributed by atoms with Gasteiger partial charge in [-0.25, -0.2) is 4.39 Å². The third-order valence-electron chi connectivity index (χ3n) is 4.52. The minimum Gasteiger partial charge on any atom is -0.337 e. The van der Waals surface area contributed by atoms with Crippen molar-refractivity contribution in [3.8, 4) is 0 Å². The molecule has 0 bridgehead atoms. The molecule has 1 aliphatic heterocycles. The lowest BCUT2D eigenvalue weighted by molar-refractivity contribution is -0.128. The van der Waals surface area contributed by atoms with Gasteiger partial charge in [0.15, 0.2) is 0 Å². The SMILES string of the molecule is CCN(CCN1C(=O)CSC1c1ccccc1F)C(=O)c1ccccc1Cl. The van der Waals surface area contributed by atoms with Gasteiger partial charge in [-0.15, -0.1) is 11.8 Å². The van der Waals surface area contributed by atoms with Crippen molar-refractivity contribution in [2.24, 2.45) is 0 Å². The summed E-state index contributed by atoms with van der Waals surface area (Å²) in [4.78, 5) is 28.4. The standard InChI is InChI=1S/C20H20ClFN2O2S/c1-2-23(19(26)14-7-3-5-9-16(14)21)11-12-24-18(25)13-27-20(24)15-8-4-6-10-17(15)22/h3-10,20H,2,11-13H2,1H3. The molecule has 27 heavy (non-hydrogen) atoms. The maximum Gasteiger partial charge on any atom is 0.255 e. The molecule has 1 fully saturated rings. The molecular formula is C20H20ClFN2O2S. The summed E-state index contributed by atoms with van der Waals surface area (Å²) in [5.41, 5.74) is 0.933. The molecule has 0 saturated carbocycles. The fourth-order valence-corrected chi connectivity index (χ4v) is 4.52. The van der Waals surface area contributed by atoms with Gasteiger partial charge in [-0.2, -0.15) is 0 Å². The largest absolute Gasteiger partial charge is 0.337 e. The second kappa shape index (κ2) is 8.76. The topological polar surface area (TPSA) is 40.6 Å². The lowest BCUT2D eigenvalue weighted by Gasteiger charge is -2.28. The molecule has 142 valence electrons. The van der Waals surface area contributed by atoms with Crippen molar-refractivity contribution in [3.05, 3.63) is 70.5 Å². The van der Waals surface area contributed by atoms with Crippen LogP contribution in [0.25, 0.3) is 0 Å². The predicted octanol–water partition coefficient (Wildman–Crippen LogP) is 4.22. The minimum absolute atomic E-state index is 0.0468. The molecule has 1 atom stereocenters. The highest BCUT2D eigenvalue weighted by molar-refractivity contribution is 8.00. The average Bonchev–Trinajstić information content (AvgIpc) is 3.03. The van der Waals surface area contributed by atoms with Crippen molar-refractivity contribution in [2.75, 3.05) is 25.4 Å². The third kappa shape index (κ3) is 4.28. The van der Waals surface area contributed by atoms with Crippen molar-refractivity contribution in [1.82, 2.24) is 9.80 Å². The molecule has 1 aliphatic rings. The Kier molecular flexibility index (Phi) is 6.39. The monoisotopic (exact) mass is 406 g/mol. The van der Waals surface area contributed by atoms with E-state index in [4.69, 9.17) is 11.6 Å². The normalized spacial score (nSPS) is 16.6. The number of hydrogen-bond acceptors (Lipinski definition) is 3. The number of nitrogens with zero attached hydrogens (tertiary/aromatic N) is 2. The van der Waals surface area contributed by atoms with Crippen LogP contribution < -0.4 is 0 Å². The number of amides is 2. The maximum atomic E-state index is 14.2. The summed E-state index contributed by atoms with van der Waals surface area (Å²) in [6.07, 6.45) is 0. The molecule has 0 radical (unpaired) electrons. The Bertz CT molecular complexity index is 848. The molecule has 3 rings (SSSR count). The van der Waals surface area contributed by atoms with Crippen LogP contribution in [0.4, 0.5) is 4.39 Å². The van der Waals surface area contributed by atoms with Crippen LogP contribution in [-0.4, -0.2) is 47.0 Å². The quantitative estimate of drug-likeness (QED) is 0.721. The van der Waals surface area contributed by atoms with Gasteiger partial charge in [-0.3, -0.25) is 9.59 Å². The summed E-state index contributed by atoms with van der Waals surface area (Å²) >= 11 is 7.54. The van der Waals surface area contributed by atoms with E-state index in [9.17, 15) is 14.0 Å². The Morgan fingerprint density at radius 2 is 1.96 bits per heavy atom. The molecule has 1 heterocycles. The Labute approximate surface area is 167 Å². The van der Waals surface area contributed by atoms with Crippen LogP contribution in [0.3, 0.4) is 0 Å². The second-order valence-corrected chi connectivity index (χ2v) is 7.61. The predicted molar refractivity (Wildman–Crippen MR) is 106 cm³/mol. The van der Waals surface area contributed by atoms with Gasteiger partial charge in [0.05, 0.1) is 16.3 Å². The van der Waals surface area contributed by atoms with Crippen LogP contribution >= 0.6 is 23.4 Å². The van der Waals surface area contributed by atoms with E-state index in [-0.39, 0.29) is 23.0 Å². The first-order chi connectivity index (χ1) is 13.0. The molecule has 0 spiro atoms. The average molecular weight is 407 g/mol. The number of carbonyl (C=O) groups excluding carboxylic acids is 2. The van der Waals surface area contributed by atoms with Crippen molar-refractivity contribution in [2.45, 2.75) is 12.3 Å². The van der Waals surface area contributed by atoms with Gasteiger partial charge in [0.2, 0.25) is 5.91 Å². The Balaban J connectivity index is 1.73. The third-order valence-corrected chi connectivity index (χ3v) is 6.09. The summed E-state index contributed by atoms with van der Waals surface area (Å²) in [6, 6.07) is 13.4. The molecule has 0 N–H and O–H groups in total. The lowest BCUT2D eigenvalue weighted by Crippen LogP contribution is -2.40. The molecule has 2 aromatic carbocycles. The van der Waals surface area contributed by atoms with Crippen LogP contribution in [0.2, 0.25) is 5.02 Å². The molecular weight excluding hydrogens is 387 g/mol. The molecule has 7 heteroatoms. The number of likely N-dealkylation sites (N-methyl/N-ethyl adjacent to an activating group) is 1. The number of halogens is 2. The van der Waals surface area contributed by atoms with E-state index < -0.39 is 0 Å². The Morgan fingerprint density at radius 3 is 2.67 bits per heavy atom. The molecule has 1 saturated heterocycles. The van der Waals surface area contributed by atoms with Gasteiger partial charge in [-0.1, -0.05) is 41.9 Å². The Morgan fingerprint density at radius 1 is 1.26 bits per heavy atom. The summed E-state index contributed by atoms with van der Waals surface area (Å²) < 4.78 is 14.2. The summed E-state index contributed by atoms with van der Waals surface area (Å²) in [6.45, 7) is 3.07. The van der Waals surface area contributed by atoms with E-state index in [2.05, 4.69) is 0 Å². The molecule has 2 amide bonds. The summed E-state index contributed by atoms with van der Waals surface area (Å²) in [5, 5.41) is 0.0332. The van der Waals surface area contributed by atoms with E-state index in [1.165, 1.54) is 17.8 Å². The van der Waals surface area contributed by atoms with Gasteiger partial charge < -0.3 is 9.80 Å². The molecule has 4 nitrogen and oxygen atoms in total.